The first-order chi connectivity index (χ1) is 15.6. The van der Waals surface area contributed by atoms with E-state index in [4.69, 9.17) is 11.6 Å². The lowest BCUT2D eigenvalue weighted by molar-refractivity contribution is 0.150. The smallest absolute Gasteiger partial charge is 0.291 e. The molecule has 1 fully saturated rings. The van der Waals surface area contributed by atoms with Gasteiger partial charge in [-0.25, -0.2) is 26.9 Å². The first-order valence-electron chi connectivity index (χ1n) is 10.4. The van der Waals surface area contributed by atoms with Gasteiger partial charge in [0, 0.05) is 29.9 Å². The van der Waals surface area contributed by atoms with Gasteiger partial charge in [-0.3, -0.25) is 4.40 Å². The highest BCUT2D eigenvalue weighted by Gasteiger charge is 2.41. The van der Waals surface area contributed by atoms with Gasteiger partial charge >= 0.3 is 0 Å². The third kappa shape index (κ3) is 4.30. The predicted octanol–water partition coefficient (Wildman–Crippen LogP) is 4.04. The Labute approximate surface area is 198 Å². The third-order valence-corrected chi connectivity index (χ3v) is 8.66. The Morgan fingerprint density at radius 1 is 1.36 bits per heavy atom. The molecule has 0 aromatic carbocycles. The summed E-state index contributed by atoms with van der Waals surface area (Å²) in [6.45, 7) is 4.52. The van der Waals surface area contributed by atoms with Crippen molar-refractivity contribution in [2.24, 2.45) is 0 Å². The number of alkyl halides is 2. The van der Waals surface area contributed by atoms with Crippen LogP contribution in [0.1, 0.15) is 50.1 Å². The highest BCUT2D eigenvalue weighted by molar-refractivity contribution is 7.89. The molecule has 33 heavy (non-hydrogen) atoms. The number of fused-ring (bicyclic) bond motifs is 1. The van der Waals surface area contributed by atoms with Crippen molar-refractivity contribution in [2.75, 3.05) is 6.54 Å². The average molecular weight is 515 g/mol. The zero-order valence-corrected chi connectivity index (χ0v) is 20.2. The number of sulfonamides is 1. The Kier molecular flexibility index (Phi) is 5.56. The van der Waals surface area contributed by atoms with Crippen molar-refractivity contribution in [3.05, 3.63) is 34.1 Å². The van der Waals surface area contributed by atoms with Crippen molar-refractivity contribution in [1.82, 2.24) is 29.6 Å². The van der Waals surface area contributed by atoms with Gasteiger partial charge in [0.15, 0.2) is 21.0 Å². The minimum atomic E-state index is -3.86. The first-order valence-corrected chi connectivity index (χ1v) is 13.0. The molecule has 1 aliphatic carbocycles. The van der Waals surface area contributed by atoms with Crippen LogP contribution in [0.25, 0.3) is 21.9 Å². The summed E-state index contributed by atoms with van der Waals surface area (Å²) in [5.41, 5.74) is 1.60. The summed E-state index contributed by atoms with van der Waals surface area (Å²) in [5.74, 6) is 0.165. The zero-order chi connectivity index (χ0) is 23.5. The Hall–Kier alpha value is -1.99. The molecule has 2 N–H and O–H groups in total. The molecule has 0 bridgehead atoms. The number of halogens is 3. The van der Waals surface area contributed by atoms with E-state index in [1.807, 2.05) is 19.9 Å². The molecule has 0 spiro atoms. The van der Waals surface area contributed by atoms with E-state index in [1.54, 1.807) is 6.07 Å². The summed E-state index contributed by atoms with van der Waals surface area (Å²) in [5, 5.41) is 10.5. The number of rotatable bonds is 6. The van der Waals surface area contributed by atoms with E-state index in [9.17, 15) is 17.2 Å². The number of nitrogens with one attached hydrogen (secondary N) is 2. The Morgan fingerprint density at radius 3 is 2.76 bits per heavy atom. The first kappa shape index (κ1) is 22.8. The number of hydrogen-bond acceptors (Lipinski definition) is 7. The standard InChI is InChI=1S/C20H21ClF2N6O2S2/c1-10-7-11(3-6-24-10)13-8-12(33(30,31)28-20(2)4-5-20)9-29-14(13)15(21)25-17(29)19-27-26-18(32-19)16(22)23/h3,8-10,16,24,28H,4-7H2,1-2H3/t10-/m1/s1. The summed E-state index contributed by atoms with van der Waals surface area (Å²) in [7, 11) is -3.86. The van der Waals surface area contributed by atoms with Crippen molar-refractivity contribution in [2.45, 2.75) is 56.0 Å². The van der Waals surface area contributed by atoms with Gasteiger partial charge in [-0.05, 0) is 44.7 Å². The maximum Gasteiger partial charge on any atom is 0.291 e. The second-order valence-corrected chi connectivity index (χ2v) is 11.7. The summed E-state index contributed by atoms with van der Waals surface area (Å²) in [6, 6.07) is 1.79. The summed E-state index contributed by atoms with van der Waals surface area (Å²) in [4.78, 5) is 4.39. The molecule has 5 rings (SSSR count). The minimum Gasteiger partial charge on any atom is -0.310 e. The van der Waals surface area contributed by atoms with Crippen molar-refractivity contribution in [3.8, 4) is 10.8 Å². The molecule has 2 aliphatic rings. The molecule has 4 heterocycles. The largest absolute Gasteiger partial charge is 0.310 e. The fourth-order valence-corrected chi connectivity index (χ4v) is 6.31. The molecule has 3 aromatic heterocycles. The van der Waals surface area contributed by atoms with Gasteiger partial charge in [0.2, 0.25) is 10.0 Å². The number of nitrogens with zero attached hydrogens (tertiary/aromatic N) is 4. The molecule has 3 aromatic rings. The Balaban J connectivity index is 1.73. The van der Waals surface area contributed by atoms with Crippen molar-refractivity contribution >= 4 is 44.1 Å². The second kappa shape index (κ2) is 8.05. The van der Waals surface area contributed by atoms with Crippen LogP contribution in [0.5, 0.6) is 0 Å². The second-order valence-electron chi connectivity index (χ2n) is 8.69. The minimum absolute atomic E-state index is 0.0409. The maximum atomic E-state index is 13.2. The van der Waals surface area contributed by atoms with Crippen molar-refractivity contribution in [3.63, 3.8) is 0 Å². The van der Waals surface area contributed by atoms with E-state index >= 15 is 0 Å². The highest BCUT2D eigenvalue weighted by Crippen LogP contribution is 2.39. The van der Waals surface area contributed by atoms with Crippen LogP contribution in [0, 0.1) is 0 Å². The van der Waals surface area contributed by atoms with E-state index < -0.39 is 27.0 Å². The number of aromatic nitrogens is 4. The zero-order valence-electron chi connectivity index (χ0n) is 17.8. The van der Waals surface area contributed by atoms with Gasteiger partial charge in [-0.1, -0.05) is 29.0 Å². The van der Waals surface area contributed by atoms with Crippen LogP contribution in [-0.4, -0.2) is 46.1 Å². The number of imidazole rings is 1. The summed E-state index contributed by atoms with van der Waals surface area (Å²) >= 11 is 7.20. The molecule has 1 aliphatic heterocycles. The van der Waals surface area contributed by atoms with Crippen molar-refractivity contribution in [1.29, 1.82) is 0 Å². The molecule has 0 amide bonds. The molecule has 1 saturated carbocycles. The molecular formula is C20H21ClF2N6O2S2. The van der Waals surface area contributed by atoms with E-state index in [0.29, 0.717) is 35.4 Å². The lowest BCUT2D eigenvalue weighted by atomic mass is 9.96. The van der Waals surface area contributed by atoms with Gasteiger partial charge in [-0.15, -0.1) is 10.2 Å². The lowest BCUT2D eigenvalue weighted by Gasteiger charge is -2.22. The molecule has 0 radical (unpaired) electrons. The third-order valence-electron chi connectivity index (χ3n) is 5.86. The van der Waals surface area contributed by atoms with Crippen LogP contribution in [0.4, 0.5) is 8.78 Å². The van der Waals surface area contributed by atoms with E-state index in [1.165, 1.54) is 10.6 Å². The van der Waals surface area contributed by atoms with Gasteiger partial charge in [0.1, 0.15) is 0 Å². The average Bonchev–Trinajstić information content (AvgIpc) is 3.14. The molecule has 1 atom stereocenters. The van der Waals surface area contributed by atoms with E-state index in [-0.39, 0.29) is 26.9 Å². The van der Waals surface area contributed by atoms with E-state index in [0.717, 1.165) is 18.4 Å². The maximum absolute atomic E-state index is 13.2. The molecule has 13 heteroatoms. The van der Waals surface area contributed by atoms with Crippen LogP contribution < -0.4 is 10.0 Å². The lowest BCUT2D eigenvalue weighted by Crippen LogP contribution is -2.34. The topological polar surface area (TPSA) is 101 Å². The van der Waals surface area contributed by atoms with Gasteiger partial charge in [0.05, 0.1) is 10.4 Å². The van der Waals surface area contributed by atoms with Gasteiger partial charge < -0.3 is 5.32 Å². The molecular weight excluding hydrogens is 494 g/mol. The summed E-state index contributed by atoms with van der Waals surface area (Å²) in [6.07, 6.45) is 2.82. The van der Waals surface area contributed by atoms with Crippen LogP contribution in [0.3, 0.4) is 0 Å². The summed E-state index contributed by atoms with van der Waals surface area (Å²) < 4.78 is 57.0. The predicted molar refractivity (Wildman–Crippen MR) is 122 cm³/mol. The fourth-order valence-electron chi connectivity index (χ4n) is 3.86. The van der Waals surface area contributed by atoms with Crippen LogP contribution in [0.15, 0.2) is 23.2 Å². The number of pyridine rings is 1. The highest BCUT2D eigenvalue weighted by atomic mass is 35.5. The quantitative estimate of drug-likeness (QED) is 0.515. The number of hydrogen-bond donors (Lipinski definition) is 2. The van der Waals surface area contributed by atoms with Gasteiger partial charge in [0.25, 0.3) is 6.43 Å². The van der Waals surface area contributed by atoms with Crippen LogP contribution >= 0.6 is 22.9 Å². The Bertz CT molecular complexity index is 1380. The molecule has 0 unspecified atom stereocenters. The van der Waals surface area contributed by atoms with E-state index in [2.05, 4.69) is 25.2 Å². The van der Waals surface area contributed by atoms with Crippen molar-refractivity contribution < 1.29 is 17.2 Å². The SMILES string of the molecule is C[C@@H]1CC(c2cc(S(=O)(=O)NC3(C)CC3)cn3c(-c4nnc(C(F)F)s4)nc(Cl)c23)=CCN1. The van der Waals surface area contributed by atoms with Gasteiger partial charge in [-0.2, -0.15) is 0 Å². The fraction of sp³-hybridized carbons (Fsp3) is 0.450. The van der Waals surface area contributed by atoms with Crippen LogP contribution in [0.2, 0.25) is 5.15 Å². The molecule has 176 valence electrons. The monoisotopic (exact) mass is 514 g/mol. The molecule has 0 saturated heterocycles. The Morgan fingerprint density at radius 2 is 2.12 bits per heavy atom. The normalized spacial score (nSPS) is 20.4. The molecule has 8 nitrogen and oxygen atoms in total. The van der Waals surface area contributed by atoms with Crippen LogP contribution in [-0.2, 0) is 10.0 Å².